The molecule has 102 valence electrons. The SMILES string of the molecule is C/C1=C(\S(=O)(=O)c2ccccc2)CC/C=C\CCO1. The van der Waals surface area contributed by atoms with Crippen LogP contribution in [-0.2, 0) is 14.6 Å². The quantitative estimate of drug-likeness (QED) is 0.778. The lowest BCUT2D eigenvalue weighted by Gasteiger charge is -2.13. The Bertz CT molecular complexity index is 583. The van der Waals surface area contributed by atoms with Crippen LogP contribution in [0.3, 0.4) is 0 Å². The average molecular weight is 278 g/mol. The van der Waals surface area contributed by atoms with Gasteiger partial charge >= 0.3 is 0 Å². The Morgan fingerprint density at radius 3 is 2.47 bits per heavy atom. The third-order valence-corrected chi connectivity index (χ3v) is 5.11. The van der Waals surface area contributed by atoms with Crippen LogP contribution in [0.1, 0.15) is 26.2 Å². The molecule has 0 N–H and O–H groups in total. The maximum atomic E-state index is 12.6. The minimum Gasteiger partial charge on any atom is -0.497 e. The molecule has 19 heavy (non-hydrogen) atoms. The van der Waals surface area contributed by atoms with Gasteiger partial charge in [0.15, 0.2) is 0 Å². The maximum Gasteiger partial charge on any atom is 0.206 e. The van der Waals surface area contributed by atoms with Crippen molar-refractivity contribution in [2.24, 2.45) is 0 Å². The van der Waals surface area contributed by atoms with Crippen molar-refractivity contribution in [1.82, 2.24) is 0 Å². The van der Waals surface area contributed by atoms with Gasteiger partial charge in [0.2, 0.25) is 9.84 Å². The maximum absolute atomic E-state index is 12.6. The first-order valence-corrected chi connectivity index (χ1v) is 7.88. The summed E-state index contributed by atoms with van der Waals surface area (Å²) in [6.07, 6.45) is 6.07. The van der Waals surface area contributed by atoms with Gasteiger partial charge < -0.3 is 4.74 Å². The van der Waals surface area contributed by atoms with Gasteiger partial charge in [0, 0.05) is 0 Å². The van der Waals surface area contributed by atoms with E-state index in [9.17, 15) is 8.42 Å². The number of hydrogen-bond donors (Lipinski definition) is 0. The number of benzene rings is 1. The van der Waals surface area contributed by atoms with Crippen LogP contribution in [-0.4, -0.2) is 15.0 Å². The molecule has 0 radical (unpaired) electrons. The summed E-state index contributed by atoms with van der Waals surface area (Å²) in [5.74, 6) is 0.521. The van der Waals surface area contributed by atoms with Crippen LogP contribution in [0.5, 0.6) is 0 Å². The summed E-state index contributed by atoms with van der Waals surface area (Å²) in [5, 5.41) is 0. The highest BCUT2D eigenvalue weighted by Gasteiger charge is 2.23. The van der Waals surface area contributed by atoms with Crippen molar-refractivity contribution in [2.75, 3.05) is 6.61 Å². The predicted octanol–water partition coefficient (Wildman–Crippen LogP) is 3.45. The molecular formula is C15H18O3S. The molecule has 0 aromatic heterocycles. The zero-order valence-electron chi connectivity index (χ0n) is 11.0. The first-order chi connectivity index (χ1) is 9.12. The van der Waals surface area contributed by atoms with Gasteiger partial charge in [0.25, 0.3) is 0 Å². The van der Waals surface area contributed by atoms with Gasteiger partial charge in [-0.05, 0) is 38.3 Å². The molecule has 0 amide bonds. The Balaban J connectivity index is 2.41. The fraction of sp³-hybridized carbons (Fsp3) is 0.333. The standard InChI is InChI=1S/C15H18O3S/c1-13-15(11-7-2-3-8-12-18-13)19(16,17)14-9-5-4-6-10-14/h2-6,9-10H,7-8,11-12H2,1H3/b3-2-,15-13+. The van der Waals surface area contributed by atoms with E-state index in [2.05, 4.69) is 0 Å². The van der Waals surface area contributed by atoms with Gasteiger partial charge in [-0.3, -0.25) is 0 Å². The van der Waals surface area contributed by atoms with Crippen molar-refractivity contribution in [2.45, 2.75) is 31.1 Å². The molecule has 0 bridgehead atoms. The normalized spacial score (nSPS) is 22.8. The highest BCUT2D eigenvalue weighted by atomic mass is 32.2. The minimum absolute atomic E-state index is 0.330. The molecule has 0 atom stereocenters. The molecule has 1 aromatic carbocycles. The molecular weight excluding hydrogens is 260 g/mol. The second kappa shape index (κ2) is 6.06. The summed E-state index contributed by atoms with van der Waals surface area (Å²) < 4.78 is 30.8. The van der Waals surface area contributed by atoms with Crippen LogP contribution in [0.2, 0.25) is 0 Å². The molecule has 1 aliphatic heterocycles. The summed E-state index contributed by atoms with van der Waals surface area (Å²) in [5.41, 5.74) is 0. The van der Waals surface area contributed by atoms with Crippen LogP contribution in [0, 0.1) is 0 Å². The van der Waals surface area contributed by atoms with Gasteiger partial charge in [-0.15, -0.1) is 0 Å². The van der Waals surface area contributed by atoms with Crippen molar-refractivity contribution < 1.29 is 13.2 Å². The summed E-state index contributed by atoms with van der Waals surface area (Å²) in [6.45, 7) is 2.26. The van der Waals surface area contributed by atoms with E-state index >= 15 is 0 Å². The Hall–Kier alpha value is -1.55. The third kappa shape index (κ3) is 3.26. The fourth-order valence-electron chi connectivity index (χ4n) is 2.05. The molecule has 2 rings (SSSR count). The van der Waals surface area contributed by atoms with Crippen LogP contribution >= 0.6 is 0 Å². The molecule has 1 aliphatic rings. The van der Waals surface area contributed by atoms with Crippen LogP contribution < -0.4 is 0 Å². The predicted molar refractivity (Wildman–Crippen MR) is 75.3 cm³/mol. The van der Waals surface area contributed by atoms with Gasteiger partial charge in [-0.2, -0.15) is 0 Å². The van der Waals surface area contributed by atoms with Crippen molar-refractivity contribution in [3.8, 4) is 0 Å². The highest BCUT2D eigenvalue weighted by molar-refractivity contribution is 7.95. The zero-order chi connectivity index (χ0) is 13.7. The average Bonchev–Trinajstić information content (AvgIpc) is 2.52. The molecule has 3 nitrogen and oxygen atoms in total. The van der Waals surface area contributed by atoms with E-state index in [4.69, 9.17) is 4.74 Å². The third-order valence-electron chi connectivity index (χ3n) is 3.08. The molecule has 0 spiro atoms. The van der Waals surface area contributed by atoms with Gasteiger partial charge in [-0.1, -0.05) is 30.4 Å². The van der Waals surface area contributed by atoms with Crippen molar-refractivity contribution in [3.63, 3.8) is 0 Å². The van der Waals surface area contributed by atoms with E-state index in [-0.39, 0.29) is 0 Å². The van der Waals surface area contributed by atoms with Crippen LogP contribution in [0.4, 0.5) is 0 Å². The van der Waals surface area contributed by atoms with E-state index in [0.29, 0.717) is 28.6 Å². The number of hydrogen-bond acceptors (Lipinski definition) is 3. The van der Waals surface area contributed by atoms with Crippen molar-refractivity contribution in [1.29, 1.82) is 0 Å². The largest absolute Gasteiger partial charge is 0.497 e. The van der Waals surface area contributed by atoms with E-state index in [1.807, 2.05) is 18.2 Å². The minimum atomic E-state index is -3.45. The summed E-state index contributed by atoms with van der Waals surface area (Å²) >= 11 is 0. The van der Waals surface area contributed by atoms with Crippen molar-refractivity contribution >= 4 is 9.84 Å². The lowest BCUT2D eigenvalue weighted by atomic mass is 10.2. The molecule has 1 aromatic rings. The second-order valence-corrected chi connectivity index (χ2v) is 6.41. The summed E-state index contributed by atoms with van der Waals surface area (Å²) in [6, 6.07) is 8.52. The second-order valence-electron chi connectivity index (χ2n) is 4.44. The van der Waals surface area contributed by atoms with E-state index < -0.39 is 9.84 Å². The monoisotopic (exact) mass is 278 g/mol. The number of allylic oxidation sites excluding steroid dienone is 3. The van der Waals surface area contributed by atoms with Crippen LogP contribution in [0.25, 0.3) is 0 Å². The lowest BCUT2D eigenvalue weighted by Crippen LogP contribution is -2.08. The summed E-state index contributed by atoms with van der Waals surface area (Å²) in [4.78, 5) is 0.724. The fourth-order valence-corrected chi connectivity index (χ4v) is 3.68. The van der Waals surface area contributed by atoms with Gasteiger partial charge in [0.05, 0.1) is 16.4 Å². The number of rotatable bonds is 2. The van der Waals surface area contributed by atoms with Crippen molar-refractivity contribution in [3.05, 3.63) is 53.1 Å². The smallest absolute Gasteiger partial charge is 0.206 e. The molecule has 0 saturated heterocycles. The highest BCUT2D eigenvalue weighted by Crippen LogP contribution is 2.27. The van der Waals surface area contributed by atoms with Crippen LogP contribution in [0.15, 0.2) is 58.0 Å². The topological polar surface area (TPSA) is 43.4 Å². The number of sulfone groups is 1. The summed E-state index contributed by atoms with van der Waals surface area (Å²) in [7, 11) is -3.45. The van der Waals surface area contributed by atoms with E-state index in [1.165, 1.54) is 0 Å². The molecule has 0 aliphatic carbocycles. The Labute approximate surface area is 114 Å². The Kier molecular flexibility index (Phi) is 4.43. The van der Waals surface area contributed by atoms with E-state index in [0.717, 1.165) is 12.8 Å². The van der Waals surface area contributed by atoms with Gasteiger partial charge in [-0.25, -0.2) is 8.42 Å². The first-order valence-electron chi connectivity index (χ1n) is 6.40. The molecule has 1 heterocycles. The lowest BCUT2D eigenvalue weighted by molar-refractivity contribution is 0.218. The molecule has 0 saturated carbocycles. The molecule has 4 heteroatoms. The Morgan fingerprint density at radius 1 is 1.05 bits per heavy atom. The number of ether oxygens (including phenoxy) is 1. The zero-order valence-corrected chi connectivity index (χ0v) is 11.8. The van der Waals surface area contributed by atoms with E-state index in [1.54, 1.807) is 31.2 Å². The van der Waals surface area contributed by atoms with Gasteiger partial charge in [0.1, 0.15) is 5.76 Å². The molecule has 0 unspecified atom stereocenters. The Morgan fingerprint density at radius 2 is 1.74 bits per heavy atom. The first kappa shape index (κ1) is 13.9. The molecule has 0 fully saturated rings.